The van der Waals surface area contributed by atoms with E-state index in [0.29, 0.717) is 6.61 Å². The maximum atomic E-state index is 5.89. The average molecular weight is 273 g/mol. The second-order valence-corrected chi connectivity index (χ2v) is 5.85. The number of hydrogen-bond donors (Lipinski definition) is 1. The van der Waals surface area contributed by atoms with Gasteiger partial charge in [-0.05, 0) is 29.2 Å². The molecule has 3 heteroatoms. The molecule has 0 fully saturated rings. The molecule has 0 aliphatic heterocycles. The van der Waals surface area contributed by atoms with E-state index in [1.54, 1.807) is 6.26 Å². The highest BCUT2D eigenvalue weighted by atomic mass is 16.5. The summed E-state index contributed by atoms with van der Waals surface area (Å²) in [6.45, 7) is 8.77. The molecule has 0 bridgehead atoms. The van der Waals surface area contributed by atoms with Gasteiger partial charge in [0, 0.05) is 6.54 Å². The molecule has 1 aromatic carbocycles. The van der Waals surface area contributed by atoms with E-state index in [-0.39, 0.29) is 5.41 Å². The van der Waals surface area contributed by atoms with Gasteiger partial charge in [0.25, 0.3) is 0 Å². The smallest absolute Gasteiger partial charge is 0.123 e. The molecule has 1 aromatic heterocycles. The van der Waals surface area contributed by atoms with Gasteiger partial charge in [-0.3, -0.25) is 0 Å². The monoisotopic (exact) mass is 273 g/mol. The topological polar surface area (TPSA) is 34.4 Å². The van der Waals surface area contributed by atoms with E-state index in [2.05, 4.69) is 38.2 Å². The van der Waals surface area contributed by atoms with E-state index in [1.807, 2.05) is 24.3 Å². The van der Waals surface area contributed by atoms with Crippen molar-refractivity contribution in [2.24, 2.45) is 0 Å². The summed E-state index contributed by atoms with van der Waals surface area (Å²) in [7, 11) is 0. The van der Waals surface area contributed by atoms with Crippen LogP contribution < -0.4 is 10.1 Å². The van der Waals surface area contributed by atoms with Crippen LogP contribution in [0.2, 0.25) is 0 Å². The summed E-state index contributed by atoms with van der Waals surface area (Å²) < 4.78 is 11.1. The van der Waals surface area contributed by atoms with E-state index in [9.17, 15) is 0 Å². The molecule has 0 spiro atoms. The lowest BCUT2D eigenvalue weighted by Gasteiger charge is -2.22. The zero-order valence-electron chi connectivity index (χ0n) is 12.5. The molecule has 0 saturated carbocycles. The number of rotatable bonds is 6. The number of benzene rings is 1. The molecule has 3 nitrogen and oxygen atoms in total. The average Bonchev–Trinajstić information content (AvgIpc) is 2.91. The molecule has 0 amide bonds. The number of furan rings is 1. The second kappa shape index (κ2) is 6.62. The van der Waals surface area contributed by atoms with E-state index in [0.717, 1.165) is 24.6 Å². The summed E-state index contributed by atoms with van der Waals surface area (Å²) in [4.78, 5) is 0. The highest BCUT2D eigenvalue weighted by Crippen LogP contribution is 2.30. The van der Waals surface area contributed by atoms with E-state index in [1.165, 1.54) is 5.56 Å². The van der Waals surface area contributed by atoms with Gasteiger partial charge in [-0.25, -0.2) is 0 Å². The molecule has 0 aliphatic carbocycles. The first kappa shape index (κ1) is 14.7. The summed E-state index contributed by atoms with van der Waals surface area (Å²) in [6.07, 6.45) is 1.69. The van der Waals surface area contributed by atoms with Crippen molar-refractivity contribution in [1.82, 2.24) is 5.32 Å². The van der Waals surface area contributed by atoms with Crippen LogP contribution in [0.5, 0.6) is 5.75 Å². The predicted octanol–water partition coefficient (Wildman–Crippen LogP) is 3.75. The zero-order valence-corrected chi connectivity index (χ0v) is 12.5. The third-order valence-corrected chi connectivity index (χ3v) is 3.11. The fourth-order valence-electron chi connectivity index (χ4n) is 2.07. The van der Waals surface area contributed by atoms with Gasteiger partial charge in [-0.15, -0.1) is 0 Å². The lowest BCUT2D eigenvalue weighted by atomic mass is 9.86. The Morgan fingerprint density at radius 1 is 1.10 bits per heavy atom. The maximum Gasteiger partial charge on any atom is 0.123 e. The molecular formula is C17H23NO2. The lowest BCUT2D eigenvalue weighted by Crippen LogP contribution is -2.21. The minimum absolute atomic E-state index is 0.0954. The van der Waals surface area contributed by atoms with Crippen molar-refractivity contribution in [2.45, 2.75) is 32.7 Å². The van der Waals surface area contributed by atoms with Crippen molar-refractivity contribution in [3.05, 3.63) is 54.0 Å². The van der Waals surface area contributed by atoms with Crippen LogP contribution in [0.15, 0.2) is 47.1 Å². The van der Waals surface area contributed by atoms with Crippen molar-refractivity contribution in [1.29, 1.82) is 0 Å². The Morgan fingerprint density at radius 2 is 1.90 bits per heavy atom. The van der Waals surface area contributed by atoms with Gasteiger partial charge < -0.3 is 14.5 Å². The van der Waals surface area contributed by atoms with Gasteiger partial charge in [0.1, 0.15) is 18.1 Å². The summed E-state index contributed by atoms with van der Waals surface area (Å²) >= 11 is 0. The highest BCUT2D eigenvalue weighted by molar-refractivity contribution is 5.38. The van der Waals surface area contributed by atoms with Crippen molar-refractivity contribution >= 4 is 0 Å². The summed E-state index contributed by atoms with van der Waals surface area (Å²) in [5.74, 6) is 1.92. The van der Waals surface area contributed by atoms with E-state index >= 15 is 0 Å². The third kappa shape index (κ3) is 4.14. The van der Waals surface area contributed by atoms with E-state index < -0.39 is 0 Å². The van der Waals surface area contributed by atoms with Crippen LogP contribution in [0.3, 0.4) is 0 Å². The standard InChI is InChI=1S/C17H23NO2/c1-17(2,3)15-8-4-5-9-16(15)20-12-10-18-13-14-7-6-11-19-14/h4-9,11,18H,10,12-13H2,1-3H3. The van der Waals surface area contributed by atoms with Crippen LogP contribution >= 0.6 is 0 Å². The van der Waals surface area contributed by atoms with Crippen molar-refractivity contribution in [3.63, 3.8) is 0 Å². The first-order chi connectivity index (χ1) is 9.57. The Bertz CT molecular complexity index is 512. The van der Waals surface area contributed by atoms with Crippen LogP contribution in [0.1, 0.15) is 32.1 Å². The molecule has 0 saturated heterocycles. The lowest BCUT2D eigenvalue weighted by molar-refractivity contribution is 0.303. The number of ether oxygens (including phenoxy) is 1. The van der Waals surface area contributed by atoms with Crippen molar-refractivity contribution < 1.29 is 9.15 Å². The molecule has 108 valence electrons. The third-order valence-electron chi connectivity index (χ3n) is 3.11. The van der Waals surface area contributed by atoms with Crippen LogP contribution in [-0.2, 0) is 12.0 Å². The van der Waals surface area contributed by atoms with Crippen molar-refractivity contribution in [3.8, 4) is 5.75 Å². The minimum Gasteiger partial charge on any atom is -0.492 e. The quantitative estimate of drug-likeness (QED) is 0.814. The molecule has 20 heavy (non-hydrogen) atoms. The first-order valence-electron chi connectivity index (χ1n) is 7.03. The molecule has 2 aromatic rings. The Kier molecular flexibility index (Phi) is 4.85. The largest absolute Gasteiger partial charge is 0.492 e. The SMILES string of the molecule is CC(C)(C)c1ccccc1OCCNCc1ccco1. The maximum absolute atomic E-state index is 5.89. The molecule has 1 N–H and O–H groups in total. The predicted molar refractivity (Wildman–Crippen MR) is 81.1 cm³/mol. The van der Waals surface area contributed by atoms with Gasteiger partial charge in [0.2, 0.25) is 0 Å². The fraction of sp³-hybridized carbons (Fsp3) is 0.412. The van der Waals surface area contributed by atoms with Crippen LogP contribution in [0, 0.1) is 0 Å². The van der Waals surface area contributed by atoms with Gasteiger partial charge in [0.05, 0.1) is 12.8 Å². The van der Waals surface area contributed by atoms with E-state index in [4.69, 9.17) is 9.15 Å². The molecule has 2 rings (SSSR count). The number of hydrogen-bond acceptors (Lipinski definition) is 3. The molecule has 0 aliphatic rings. The summed E-state index contributed by atoms with van der Waals surface area (Å²) in [5, 5.41) is 3.30. The van der Waals surface area contributed by atoms with Crippen molar-refractivity contribution in [2.75, 3.05) is 13.2 Å². The Morgan fingerprint density at radius 3 is 2.60 bits per heavy atom. The molecule has 1 heterocycles. The first-order valence-corrected chi connectivity index (χ1v) is 7.03. The molecule has 0 radical (unpaired) electrons. The Balaban J connectivity index is 1.79. The van der Waals surface area contributed by atoms with Gasteiger partial charge in [-0.1, -0.05) is 39.0 Å². The van der Waals surface area contributed by atoms with Crippen LogP contribution in [0.4, 0.5) is 0 Å². The van der Waals surface area contributed by atoms with Gasteiger partial charge >= 0.3 is 0 Å². The summed E-state index contributed by atoms with van der Waals surface area (Å²) in [5.41, 5.74) is 1.34. The Hall–Kier alpha value is -1.74. The minimum atomic E-state index is 0.0954. The van der Waals surface area contributed by atoms with Gasteiger partial charge in [0.15, 0.2) is 0 Å². The molecule has 0 atom stereocenters. The Labute approximate surface area is 121 Å². The molecular weight excluding hydrogens is 250 g/mol. The number of para-hydroxylation sites is 1. The summed E-state index contributed by atoms with van der Waals surface area (Å²) in [6, 6.07) is 12.1. The zero-order chi connectivity index (χ0) is 14.4. The number of nitrogens with one attached hydrogen (secondary N) is 1. The second-order valence-electron chi connectivity index (χ2n) is 5.85. The van der Waals surface area contributed by atoms with Crippen LogP contribution in [0.25, 0.3) is 0 Å². The highest BCUT2D eigenvalue weighted by Gasteiger charge is 2.18. The fourth-order valence-corrected chi connectivity index (χ4v) is 2.07. The molecule has 0 unspecified atom stereocenters. The van der Waals surface area contributed by atoms with Crippen LogP contribution in [-0.4, -0.2) is 13.2 Å². The van der Waals surface area contributed by atoms with Gasteiger partial charge in [-0.2, -0.15) is 0 Å². The normalized spacial score (nSPS) is 11.6.